The predicted octanol–water partition coefficient (Wildman–Crippen LogP) is 4.45. The van der Waals surface area contributed by atoms with E-state index in [1.54, 1.807) is 7.11 Å². The van der Waals surface area contributed by atoms with Crippen molar-refractivity contribution < 1.29 is 14.3 Å². The van der Waals surface area contributed by atoms with Crippen molar-refractivity contribution in [3.05, 3.63) is 69.8 Å². The SMILES string of the molecule is CCCC(=O)C1=CC2c3c4c(c5c(c3NC2C=C1)CCc1cc(OC)ccc1-5)C(=O)NC4. The van der Waals surface area contributed by atoms with Crippen molar-refractivity contribution in [1.29, 1.82) is 0 Å². The first-order valence-corrected chi connectivity index (χ1v) is 11.5. The summed E-state index contributed by atoms with van der Waals surface area (Å²) < 4.78 is 5.43. The molecule has 2 unspecified atom stereocenters. The van der Waals surface area contributed by atoms with Gasteiger partial charge in [-0.2, -0.15) is 0 Å². The highest BCUT2D eigenvalue weighted by molar-refractivity contribution is 6.08. The van der Waals surface area contributed by atoms with Crippen LogP contribution in [0.2, 0.25) is 0 Å². The van der Waals surface area contributed by atoms with Crippen LogP contribution < -0.4 is 15.4 Å². The first-order valence-electron chi connectivity index (χ1n) is 11.5. The molecule has 0 aromatic heterocycles. The number of allylic oxidation sites excluding steroid dienone is 2. The second-order valence-electron chi connectivity index (χ2n) is 9.05. The number of aryl methyl sites for hydroxylation is 1. The van der Waals surface area contributed by atoms with Gasteiger partial charge < -0.3 is 15.4 Å². The maximum Gasteiger partial charge on any atom is 0.252 e. The Kier molecular flexibility index (Phi) is 4.29. The summed E-state index contributed by atoms with van der Waals surface area (Å²) in [6.07, 6.45) is 9.41. The van der Waals surface area contributed by atoms with Crippen LogP contribution in [0.25, 0.3) is 11.1 Å². The largest absolute Gasteiger partial charge is 0.497 e. The third-order valence-corrected chi connectivity index (χ3v) is 7.30. The van der Waals surface area contributed by atoms with E-state index >= 15 is 0 Å². The lowest BCUT2D eigenvalue weighted by atomic mass is 9.77. The van der Waals surface area contributed by atoms with Crippen molar-refractivity contribution in [2.24, 2.45) is 0 Å². The molecule has 6 rings (SSSR count). The van der Waals surface area contributed by atoms with Gasteiger partial charge >= 0.3 is 0 Å². The fourth-order valence-electron chi connectivity index (χ4n) is 5.86. The van der Waals surface area contributed by atoms with Gasteiger partial charge in [0.2, 0.25) is 0 Å². The molecule has 1 amide bonds. The highest BCUT2D eigenvalue weighted by atomic mass is 16.5. The maximum absolute atomic E-state index is 13.0. The highest BCUT2D eigenvalue weighted by Gasteiger charge is 2.42. The van der Waals surface area contributed by atoms with E-state index in [0.717, 1.165) is 58.5 Å². The van der Waals surface area contributed by atoms with Gasteiger partial charge in [0, 0.05) is 35.7 Å². The molecule has 5 heteroatoms. The molecule has 0 fully saturated rings. The molecule has 2 N–H and O–H groups in total. The fraction of sp³-hybridized carbons (Fsp3) is 0.333. The Morgan fingerprint density at radius 2 is 2.06 bits per heavy atom. The van der Waals surface area contributed by atoms with Gasteiger partial charge in [-0.1, -0.05) is 31.2 Å². The van der Waals surface area contributed by atoms with Gasteiger partial charge in [0.05, 0.1) is 18.7 Å². The Hall–Kier alpha value is -3.34. The first-order chi connectivity index (χ1) is 15.6. The Morgan fingerprint density at radius 3 is 2.88 bits per heavy atom. The lowest BCUT2D eigenvalue weighted by Crippen LogP contribution is -2.21. The van der Waals surface area contributed by atoms with E-state index in [-0.39, 0.29) is 23.7 Å². The molecule has 0 saturated heterocycles. The van der Waals surface area contributed by atoms with Crippen LogP contribution in [0, 0.1) is 0 Å². The van der Waals surface area contributed by atoms with Crippen LogP contribution in [0.5, 0.6) is 5.75 Å². The van der Waals surface area contributed by atoms with Crippen molar-refractivity contribution in [2.75, 3.05) is 12.4 Å². The van der Waals surface area contributed by atoms with Crippen LogP contribution in [-0.2, 0) is 24.2 Å². The number of fused-ring (bicyclic) bond motifs is 10. The van der Waals surface area contributed by atoms with Gasteiger partial charge in [0.1, 0.15) is 5.75 Å². The Morgan fingerprint density at radius 1 is 1.19 bits per heavy atom. The zero-order valence-corrected chi connectivity index (χ0v) is 18.4. The number of ketones is 1. The van der Waals surface area contributed by atoms with Gasteiger partial charge in [-0.05, 0) is 59.2 Å². The zero-order chi connectivity index (χ0) is 22.0. The minimum absolute atomic E-state index is 0.00350. The summed E-state index contributed by atoms with van der Waals surface area (Å²) >= 11 is 0. The van der Waals surface area contributed by atoms with E-state index < -0.39 is 0 Å². The monoisotopic (exact) mass is 426 g/mol. The summed E-state index contributed by atoms with van der Waals surface area (Å²) in [6, 6.07) is 6.28. The van der Waals surface area contributed by atoms with Crippen LogP contribution in [0.15, 0.2) is 42.0 Å². The van der Waals surface area contributed by atoms with E-state index in [9.17, 15) is 9.59 Å². The smallest absolute Gasteiger partial charge is 0.252 e. The molecule has 4 aliphatic rings. The molecular formula is C27H26N2O3. The normalized spacial score (nSPS) is 21.4. The molecule has 0 bridgehead atoms. The van der Waals surface area contributed by atoms with Gasteiger partial charge in [-0.15, -0.1) is 0 Å². The molecule has 2 aliphatic carbocycles. The molecule has 2 atom stereocenters. The molecule has 0 saturated carbocycles. The summed E-state index contributed by atoms with van der Waals surface area (Å²) in [6.45, 7) is 2.57. The fourth-order valence-corrected chi connectivity index (χ4v) is 5.86. The van der Waals surface area contributed by atoms with Crippen LogP contribution >= 0.6 is 0 Å². The average Bonchev–Trinajstić information content (AvgIpc) is 3.38. The number of ether oxygens (including phenoxy) is 1. The van der Waals surface area contributed by atoms with Crippen molar-refractivity contribution in [2.45, 2.75) is 51.1 Å². The third-order valence-electron chi connectivity index (χ3n) is 7.30. The standard InChI is InChI=1S/C27H26N2O3/c1-3-4-22(30)15-6-10-21-19(12-15)24-20-13-28-27(31)25(20)23-17-9-7-16(32-2)11-14(17)5-8-18(23)26(24)29-21/h6-7,9-12,19,21,29H,3-5,8,13H2,1-2H3,(H,28,31). The Balaban J connectivity index is 1.56. The number of rotatable bonds is 4. The lowest BCUT2D eigenvalue weighted by molar-refractivity contribution is -0.115. The van der Waals surface area contributed by atoms with Gasteiger partial charge in [0.25, 0.3) is 5.91 Å². The second kappa shape index (κ2) is 7.09. The van der Waals surface area contributed by atoms with Crippen molar-refractivity contribution >= 4 is 17.4 Å². The number of nitrogens with one attached hydrogen (secondary N) is 2. The predicted molar refractivity (Wildman–Crippen MR) is 124 cm³/mol. The number of hydrogen-bond donors (Lipinski definition) is 2. The summed E-state index contributed by atoms with van der Waals surface area (Å²) in [5.41, 5.74) is 9.71. The molecule has 2 heterocycles. The van der Waals surface area contributed by atoms with Crippen LogP contribution in [0.4, 0.5) is 5.69 Å². The number of amides is 1. The molecule has 2 aliphatic heterocycles. The quantitative estimate of drug-likeness (QED) is 0.758. The number of hydrogen-bond acceptors (Lipinski definition) is 4. The van der Waals surface area contributed by atoms with Crippen LogP contribution in [-0.4, -0.2) is 24.8 Å². The van der Waals surface area contributed by atoms with Crippen molar-refractivity contribution in [3.8, 4) is 16.9 Å². The van der Waals surface area contributed by atoms with Gasteiger partial charge in [-0.25, -0.2) is 0 Å². The Bertz CT molecular complexity index is 1250. The van der Waals surface area contributed by atoms with E-state index in [4.69, 9.17) is 4.74 Å². The topological polar surface area (TPSA) is 67.4 Å². The number of carbonyl (C=O) groups excluding carboxylic acids is 2. The lowest BCUT2D eigenvalue weighted by Gasteiger charge is -2.26. The average molecular weight is 427 g/mol. The van der Waals surface area contributed by atoms with E-state index in [1.165, 1.54) is 16.7 Å². The zero-order valence-electron chi connectivity index (χ0n) is 18.4. The third kappa shape index (κ3) is 2.63. The van der Waals surface area contributed by atoms with E-state index in [2.05, 4.69) is 34.9 Å². The molecule has 162 valence electrons. The molecule has 0 radical (unpaired) electrons. The number of anilines is 1. The molecule has 2 aromatic rings. The van der Waals surface area contributed by atoms with Crippen molar-refractivity contribution in [1.82, 2.24) is 5.32 Å². The summed E-state index contributed by atoms with van der Waals surface area (Å²) in [5, 5.41) is 6.82. The Labute approximate surface area is 187 Å². The summed E-state index contributed by atoms with van der Waals surface area (Å²) in [4.78, 5) is 25.6. The number of benzene rings is 2. The minimum atomic E-state index is 0.00350. The van der Waals surface area contributed by atoms with E-state index in [0.29, 0.717) is 13.0 Å². The number of Topliss-reactive ketones (excluding diaryl/α,β-unsaturated/α-hetero) is 1. The highest BCUT2D eigenvalue weighted by Crippen LogP contribution is 2.52. The molecule has 5 nitrogen and oxygen atoms in total. The number of carbonyl (C=O) groups is 2. The van der Waals surface area contributed by atoms with Crippen molar-refractivity contribution in [3.63, 3.8) is 0 Å². The van der Waals surface area contributed by atoms with Gasteiger partial charge in [-0.3, -0.25) is 9.59 Å². The minimum Gasteiger partial charge on any atom is -0.497 e. The summed E-state index contributed by atoms with van der Waals surface area (Å²) in [7, 11) is 1.68. The second-order valence-corrected chi connectivity index (χ2v) is 9.05. The molecule has 0 spiro atoms. The van der Waals surface area contributed by atoms with E-state index in [1.807, 2.05) is 19.1 Å². The molecule has 32 heavy (non-hydrogen) atoms. The van der Waals surface area contributed by atoms with Crippen LogP contribution in [0.3, 0.4) is 0 Å². The maximum atomic E-state index is 13.0. The van der Waals surface area contributed by atoms with Gasteiger partial charge in [0.15, 0.2) is 5.78 Å². The van der Waals surface area contributed by atoms with Crippen LogP contribution in [0.1, 0.15) is 58.3 Å². The number of methoxy groups -OCH3 is 1. The first kappa shape index (κ1) is 19.4. The summed E-state index contributed by atoms with van der Waals surface area (Å²) in [5.74, 6) is 1.12. The molecular weight excluding hydrogens is 400 g/mol. The molecule has 2 aromatic carbocycles.